The number of rotatable bonds is 3. The number of thioether (sulfide) groups is 1. The normalized spacial score (nSPS) is 21.6. The van der Waals surface area contributed by atoms with Crippen LogP contribution in [0.1, 0.15) is 24.5 Å². The van der Waals surface area contributed by atoms with Gasteiger partial charge in [-0.3, -0.25) is 9.36 Å². The van der Waals surface area contributed by atoms with E-state index in [-0.39, 0.29) is 17.3 Å². The maximum absolute atomic E-state index is 11.8. The van der Waals surface area contributed by atoms with Gasteiger partial charge in [0, 0.05) is 24.5 Å². The van der Waals surface area contributed by atoms with Crippen LogP contribution in [0.15, 0.2) is 35.7 Å². The molecular formula is C16H18N2O2S. The number of imidazole rings is 1. The van der Waals surface area contributed by atoms with E-state index in [2.05, 4.69) is 37.0 Å². The molecule has 0 spiro atoms. The Morgan fingerprint density at radius 3 is 2.62 bits per heavy atom. The standard InChI is InChI=1S/C16H18N2O2S/c1-10-6-11(2)8-13(7-10)18-5-4-17-16(18)21-14-9-12(3)20-15(14)19/h4-8,12,14H,9H2,1-3H3/t12-,14+/m1/s1. The average Bonchev–Trinajstić information content (AvgIpc) is 2.96. The number of aryl methyl sites for hydroxylation is 2. The summed E-state index contributed by atoms with van der Waals surface area (Å²) in [4.78, 5) is 16.2. The molecule has 1 aromatic heterocycles. The molecule has 1 aromatic carbocycles. The summed E-state index contributed by atoms with van der Waals surface area (Å²) < 4.78 is 7.24. The predicted octanol–water partition coefficient (Wildman–Crippen LogP) is 3.29. The number of cyclic esters (lactones) is 1. The molecule has 2 heterocycles. The molecule has 0 unspecified atom stereocenters. The summed E-state index contributed by atoms with van der Waals surface area (Å²) in [6.07, 6.45) is 4.44. The fourth-order valence-corrected chi connectivity index (χ4v) is 3.78. The van der Waals surface area contributed by atoms with E-state index < -0.39 is 0 Å². The SMILES string of the molecule is Cc1cc(C)cc(-n2ccnc2S[C@H]2C[C@@H](C)OC2=O)c1. The molecule has 3 rings (SSSR count). The number of hydrogen-bond acceptors (Lipinski definition) is 4. The number of ether oxygens (including phenoxy) is 1. The summed E-state index contributed by atoms with van der Waals surface area (Å²) in [5, 5.41) is 0.670. The Hall–Kier alpha value is -1.75. The van der Waals surface area contributed by atoms with E-state index in [0.29, 0.717) is 0 Å². The minimum absolute atomic E-state index is 0.000346. The largest absolute Gasteiger partial charge is 0.462 e. The van der Waals surface area contributed by atoms with Gasteiger partial charge in [-0.1, -0.05) is 17.8 Å². The van der Waals surface area contributed by atoms with Crippen molar-refractivity contribution in [3.63, 3.8) is 0 Å². The van der Waals surface area contributed by atoms with Crippen molar-refractivity contribution in [3.8, 4) is 5.69 Å². The molecule has 0 amide bonds. The van der Waals surface area contributed by atoms with Gasteiger partial charge in [-0.15, -0.1) is 0 Å². The second-order valence-corrected chi connectivity index (χ2v) is 6.69. The number of aromatic nitrogens is 2. The molecule has 2 atom stereocenters. The van der Waals surface area contributed by atoms with Gasteiger partial charge in [0.2, 0.25) is 0 Å². The zero-order chi connectivity index (χ0) is 15.0. The van der Waals surface area contributed by atoms with Crippen molar-refractivity contribution in [2.45, 2.75) is 43.7 Å². The highest BCUT2D eigenvalue weighted by Crippen LogP contribution is 2.32. The summed E-state index contributed by atoms with van der Waals surface area (Å²) in [6.45, 7) is 6.08. The Balaban J connectivity index is 1.89. The number of hydrogen-bond donors (Lipinski definition) is 0. The fourth-order valence-electron chi connectivity index (χ4n) is 2.61. The molecule has 0 radical (unpaired) electrons. The second kappa shape index (κ2) is 5.56. The maximum Gasteiger partial charge on any atom is 0.319 e. The summed E-state index contributed by atoms with van der Waals surface area (Å²) in [5.41, 5.74) is 3.50. The lowest BCUT2D eigenvalue weighted by Crippen LogP contribution is -2.11. The molecule has 4 nitrogen and oxygen atoms in total. The predicted molar refractivity (Wildman–Crippen MR) is 82.9 cm³/mol. The lowest BCUT2D eigenvalue weighted by Gasteiger charge is -2.11. The van der Waals surface area contributed by atoms with Crippen molar-refractivity contribution in [1.29, 1.82) is 0 Å². The third-order valence-corrected chi connectivity index (χ3v) is 4.65. The number of esters is 1. The first-order valence-electron chi connectivity index (χ1n) is 7.02. The molecule has 110 valence electrons. The van der Waals surface area contributed by atoms with Gasteiger partial charge >= 0.3 is 5.97 Å². The van der Waals surface area contributed by atoms with Crippen LogP contribution in [-0.2, 0) is 9.53 Å². The van der Waals surface area contributed by atoms with Crippen molar-refractivity contribution in [3.05, 3.63) is 41.7 Å². The molecule has 1 aliphatic rings. The third-order valence-electron chi connectivity index (χ3n) is 3.47. The van der Waals surface area contributed by atoms with Gasteiger partial charge in [0.15, 0.2) is 5.16 Å². The molecule has 1 aliphatic heterocycles. The van der Waals surface area contributed by atoms with E-state index in [1.807, 2.05) is 17.7 Å². The number of carbonyl (C=O) groups is 1. The van der Waals surface area contributed by atoms with Crippen LogP contribution in [-0.4, -0.2) is 26.9 Å². The zero-order valence-corrected chi connectivity index (χ0v) is 13.2. The van der Waals surface area contributed by atoms with E-state index >= 15 is 0 Å². The molecule has 2 aromatic rings. The monoisotopic (exact) mass is 302 g/mol. The quantitative estimate of drug-likeness (QED) is 0.816. The van der Waals surface area contributed by atoms with Crippen molar-refractivity contribution >= 4 is 17.7 Å². The van der Waals surface area contributed by atoms with E-state index in [1.54, 1.807) is 6.20 Å². The Bertz CT molecular complexity index is 660. The van der Waals surface area contributed by atoms with Crippen LogP contribution in [0.2, 0.25) is 0 Å². The highest BCUT2D eigenvalue weighted by Gasteiger charge is 2.33. The molecular weight excluding hydrogens is 284 g/mol. The molecule has 0 saturated carbocycles. The summed E-state index contributed by atoms with van der Waals surface area (Å²) in [5.74, 6) is -0.137. The van der Waals surface area contributed by atoms with E-state index in [9.17, 15) is 4.79 Å². The minimum Gasteiger partial charge on any atom is -0.462 e. The fraction of sp³-hybridized carbons (Fsp3) is 0.375. The first-order chi connectivity index (χ1) is 10.0. The van der Waals surface area contributed by atoms with Crippen molar-refractivity contribution in [1.82, 2.24) is 9.55 Å². The van der Waals surface area contributed by atoms with Crippen LogP contribution < -0.4 is 0 Å². The molecule has 1 fully saturated rings. The highest BCUT2D eigenvalue weighted by atomic mass is 32.2. The maximum atomic E-state index is 11.8. The average molecular weight is 302 g/mol. The summed E-state index contributed by atoms with van der Waals surface area (Å²) in [6, 6.07) is 6.38. The van der Waals surface area contributed by atoms with Crippen LogP contribution >= 0.6 is 11.8 Å². The van der Waals surface area contributed by atoms with Gasteiger partial charge in [-0.2, -0.15) is 0 Å². The highest BCUT2D eigenvalue weighted by molar-refractivity contribution is 8.00. The number of carbonyl (C=O) groups excluding carboxylic acids is 1. The first kappa shape index (κ1) is 14.2. The molecule has 0 bridgehead atoms. The Morgan fingerprint density at radius 1 is 1.29 bits per heavy atom. The molecule has 0 aliphatic carbocycles. The summed E-state index contributed by atoms with van der Waals surface area (Å²) >= 11 is 1.48. The van der Waals surface area contributed by atoms with Crippen molar-refractivity contribution in [2.75, 3.05) is 0 Å². The van der Waals surface area contributed by atoms with Gasteiger partial charge in [0.05, 0.1) is 0 Å². The Labute approximate surface area is 128 Å². The van der Waals surface area contributed by atoms with E-state index in [0.717, 1.165) is 17.3 Å². The molecule has 0 N–H and O–H groups in total. The van der Waals surface area contributed by atoms with Gasteiger partial charge in [0.25, 0.3) is 0 Å². The zero-order valence-electron chi connectivity index (χ0n) is 12.4. The third kappa shape index (κ3) is 2.97. The van der Waals surface area contributed by atoms with Gasteiger partial charge in [0.1, 0.15) is 11.4 Å². The first-order valence-corrected chi connectivity index (χ1v) is 7.90. The molecule has 21 heavy (non-hydrogen) atoms. The lowest BCUT2D eigenvalue weighted by atomic mass is 10.1. The molecule has 1 saturated heterocycles. The van der Waals surface area contributed by atoms with E-state index in [1.165, 1.54) is 22.9 Å². The Morgan fingerprint density at radius 2 is 2.00 bits per heavy atom. The summed E-state index contributed by atoms with van der Waals surface area (Å²) in [7, 11) is 0. The topological polar surface area (TPSA) is 44.1 Å². The smallest absolute Gasteiger partial charge is 0.319 e. The number of benzene rings is 1. The van der Waals surface area contributed by atoms with Gasteiger partial charge in [-0.25, -0.2) is 4.98 Å². The van der Waals surface area contributed by atoms with Gasteiger partial charge in [-0.05, 0) is 44.0 Å². The van der Waals surface area contributed by atoms with Crippen molar-refractivity contribution < 1.29 is 9.53 Å². The van der Waals surface area contributed by atoms with E-state index in [4.69, 9.17) is 4.74 Å². The van der Waals surface area contributed by atoms with Crippen LogP contribution in [0.25, 0.3) is 5.69 Å². The van der Waals surface area contributed by atoms with Crippen LogP contribution in [0.3, 0.4) is 0 Å². The lowest BCUT2D eigenvalue weighted by molar-refractivity contribution is -0.140. The van der Waals surface area contributed by atoms with Crippen molar-refractivity contribution in [2.24, 2.45) is 0 Å². The van der Waals surface area contributed by atoms with Crippen LogP contribution in [0.5, 0.6) is 0 Å². The second-order valence-electron chi connectivity index (χ2n) is 5.52. The Kier molecular flexibility index (Phi) is 3.76. The van der Waals surface area contributed by atoms with Crippen LogP contribution in [0.4, 0.5) is 0 Å². The molecule has 5 heteroatoms. The van der Waals surface area contributed by atoms with Crippen LogP contribution in [0, 0.1) is 13.8 Å². The van der Waals surface area contributed by atoms with Gasteiger partial charge < -0.3 is 4.74 Å². The number of nitrogens with zero attached hydrogens (tertiary/aromatic N) is 2. The minimum atomic E-state index is -0.160.